The van der Waals surface area contributed by atoms with Crippen molar-refractivity contribution in [3.05, 3.63) is 131 Å². The normalized spacial score (nSPS) is 12.7. The van der Waals surface area contributed by atoms with E-state index in [1.165, 1.54) is 22.3 Å². The van der Waals surface area contributed by atoms with Crippen molar-refractivity contribution in [3.8, 4) is 0 Å². The van der Waals surface area contributed by atoms with E-state index in [-0.39, 0.29) is 0 Å². The summed E-state index contributed by atoms with van der Waals surface area (Å²) in [5, 5.41) is 4.49. The smallest absolute Gasteiger partial charge is 0.151 e. The molecule has 2 aromatic heterocycles. The molecule has 5 rings (SSSR count). The summed E-state index contributed by atoms with van der Waals surface area (Å²) >= 11 is 0. The molecule has 5 nitrogen and oxygen atoms in total. The van der Waals surface area contributed by atoms with Gasteiger partial charge in [0.05, 0.1) is 12.2 Å². The molecule has 2 aromatic carbocycles. The maximum Gasteiger partial charge on any atom is 0.151 e. The molecule has 0 bridgehead atoms. The highest BCUT2D eigenvalue weighted by atomic mass is 15.6. The van der Waals surface area contributed by atoms with Gasteiger partial charge in [-0.05, 0) is 96.5 Å². The lowest BCUT2D eigenvalue weighted by molar-refractivity contribution is 0.404. The maximum atomic E-state index is 4.97. The lowest BCUT2D eigenvalue weighted by atomic mass is 10.1. The number of hydrogen-bond donors (Lipinski definition) is 0. The molecule has 5 heteroatoms. The van der Waals surface area contributed by atoms with Gasteiger partial charge in [0.25, 0.3) is 0 Å². The van der Waals surface area contributed by atoms with Gasteiger partial charge in [-0.25, -0.2) is 15.0 Å². The van der Waals surface area contributed by atoms with Gasteiger partial charge in [0.1, 0.15) is 5.82 Å². The van der Waals surface area contributed by atoms with Gasteiger partial charge >= 0.3 is 0 Å². The van der Waals surface area contributed by atoms with Gasteiger partial charge < -0.3 is 0 Å². The zero-order valence-corrected chi connectivity index (χ0v) is 26.9. The van der Waals surface area contributed by atoms with Gasteiger partial charge in [-0.1, -0.05) is 89.8 Å². The van der Waals surface area contributed by atoms with Crippen molar-refractivity contribution in [3.63, 3.8) is 0 Å². The van der Waals surface area contributed by atoms with E-state index in [0.29, 0.717) is 6.54 Å². The van der Waals surface area contributed by atoms with Gasteiger partial charge in [0.15, 0.2) is 5.82 Å². The lowest BCUT2D eigenvalue weighted by Gasteiger charge is -2.39. The summed E-state index contributed by atoms with van der Waals surface area (Å²) in [4.78, 5) is 12.2. The first-order valence-electron chi connectivity index (χ1n) is 16.4. The number of rotatable bonds is 14. The fraction of sp³-hybridized carbons (Fsp3) is 0.333. The molecular formula is C39H47N5. The summed E-state index contributed by atoms with van der Waals surface area (Å²) in [6.07, 6.45) is 19.2. The van der Waals surface area contributed by atoms with Crippen molar-refractivity contribution in [2.75, 3.05) is 16.5 Å². The molecule has 0 aliphatic carbocycles. The Morgan fingerprint density at radius 3 is 1.55 bits per heavy atom. The van der Waals surface area contributed by atoms with E-state index < -0.39 is 0 Å². The fourth-order valence-corrected chi connectivity index (χ4v) is 5.82. The molecule has 1 aliphatic rings. The largest absolute Gasteiger partial charge is 0.297 e. The second kappa shape index (κ2) is 15.4. The number of aromatic nitrogens is 2. The van der Waals surface area contributed by atoms with Crippen molar-refractivity contribution in [1.82, 2.24) is 15.0 Å². The number of benzene rings is 2. The maximum absolute atomic E-state index is 4.97. The van der Waals surface area contributed by atoms with Gasteiger partial charge in [0.2, 0.25) is 0 Å². The Balaban J connectivity index is 1.51. The van der Waals surface area contributed by atoms with E-state index in [1.807, 2.05) is 12.4 Å². The SMILES string of the molecule is CCCc1ccc(N(C2=CC=CN(N(c3ccc(CCC)cc3)c3ccc(CCC)cn3)C2)c2ccc(CCC)cn2)cc1. The number of aryl methyl sites for hydroxylation is 4. The molecule has 0 unspecified atom stereocenters. The van der Waals surface area contributed by atoms with Crippen LogP contribution < -0.4 is 9.91 Å². The molecule has 0 radical (unpaired) electrons. The first-order valence-corrected chi connectivity index (χ1v) is 16.4. The molecule has 0 saturated heterocycles. The third-order valence-corrected chi connectivity index (χ3v) is 8.01. The Morgan fingerprint density at radius 2 is 1.05 bits per heavy atom. The van der Waals surface area contributed by atoms with Crippen LogP contribution in [0.25, 0.3) is 0 Å². The average Bonchev–Trinajstić information content (AvgIpc) is 3.05. The minimum atomic E-state index is 0.653. The number of anilines is 4. The van der Waals surface area contributed by atoms with E-state index in [2.05, 4.69) is 134 Å². The number of nitrogens with zero attached hydrogens (tertiary/aromatic N) is 5. The molecule has 0 N–H and O–H groups in total. The summed E-state index contributed by atoms with van der Waals surface area (Å²) in [5.74, 6) is 1.82. The fourth-order valence-electron chi connectivity index (χ4n) is 5.82. The van der Waals surface area contributed by atoms with Crippen LogP contribution in [0.15, 0.2) is 109 Å². The number of allylic oxidation sites excluding steroid dienone is 2. The molecule has 44 heavy (non-hydrogen) atoms. The molecule has 4 aromatic rings. The van der Waals surface area contributed by atoms with Crippen LogP contribution in [0.5, 0.6) is 0 Å². The Morgan fingerprint density at radius 1 is 0.568 bits per heavy atom. The number of hydrazine groups is 1. The lowest BCUT2D eigenvalue weighted by Crippen LogP contribution is -2.40. The predicted molar refractivity (Wildman–Crippen MR) is 186 cm³/mol. The Hall–Kier alpha value is -4.38. The zero-order chi connectivity index (χ0) is 30.7. The van der Waals surface area contributed by atoms with Crippen molar-refractivity contribution in [2.24, 2.45) is 0 Å². The minimum Gasteiger partial charge on any atom is -0.297 e. The number of pyridine rings is 2. The summed E-state index contributed by atoms with van der Waals surface area (Å²) in [6, 6.07) is 26.6. The third kappa shape index (κ3) is 7.57. The molecule has 0 saturated carbocycles. The molecule has 1 aliphatic heterocycles. The van der Waals surface area contributed by atoms with E-state index in [1.54, 1.807) is 0 Å². The summed E-state index contributed by atoms with van der Waals surface area (Å²) in [5.41, 5.74) is 8.58. The van der Waals surface area contributed by atoms with Crippen LogP contribution in [0.1, 0.15) is 75.6 Å². The van der Waals surface area contributed by atoms with Gasteiger partial charge in [-0.2, -0.15) is 0 Å². The van der Waals surface area contributed by atoms with Crippen LogP contribution in [0, 0.1) is 0 Å². The third-order valence-electron chi connectivity index (χ3n) is 8.01. The quantitative estimate of drug-likeness (QED) is 0.147. The molecule has 3 heterocycles. The molecule has 0 fully saturated rings. The summed E-state index contributed by atoms with van der Waals surface area (Å²) < 4.78 is 0. The first kappa shape index (κ1) is 31.1. The summed E-state index contributed by atoms with van der Waals surface area (Å²) in [7, 11) is 0. The Bertz CT molecular complexity index is 1400. The van der Waals surface area contributed by atoms with Crippen LogP contribution in [0.2, 0.25) is 0 Å². The monoisotopic (exact) mass is 585 g/mol. The second-order valence-corrected chi connectivity index (χ2v) is 11.6. The Labute approximate surface area is 264 Å². The minimum absolute atomic E-state index is 0.653. The van der Waals surface area contributed by atoms with Crippen molar-refractivity contribution in [2.45, 2.75) is 79.1 Å². The zero-order valence-electron chi connectivity index (χ0n) is 26.9. The van der Waals surface area contributed by atoms with Crippen molar-refractivity contribution >= 4 is 23.0 Å². The van der Waals surface area contributed by atoms with Gasteiger partial charge in [0, 0.05) is 30.0 Å². The van der Waals surface area contributed by atoms with Crippen LogP contribution in [-0.4, -0.2) is 21.5 Å². The molecule has 0 atom stereocenters. The van der Waals surface area contributed by atoms with Gasteiger partial charge in [-0.15, -0.1) is 0 Å². The molecule has 0 amide bonds. The van der Waals surface area contributed by atoms with Crippen molar-refractivity contribution in [1.29, 1.82) is 0 Å². The highest BCUT2D eigenvalue weighted by Gasteiger charge is 2.24. The number of hydrogen-bond acceptors (Lipinski definition) is 5. The predicted octanol–water partition coefficient (Wildman–Crippen LogP) is 9.89. The molecular weight excluding hydrogens is 538 g/mol. The van der Waals surface area contributed by atoms with Crippen LogP contribution in [-0.2, 0) is 25.7 Å². The van der Waals surface area contributed by atoms with Crippen LogP contribution in [0.4, 0.5) is 23.0 Å². The van der Waals surface area contributed by atoms with Crippen molar-refractivity contribution < 1.29 is 0 Å². The highest BCUT2D eigenvalue weighted by Crippen LogP contribution is 2.34. The molecule has 0 spiro atoms. The van der Waals surface area contributed by atoms with Crippen LogP contribution >= 0.6 is 0 Å². The molecule has 228 valence electrons. The summed E-state index contributed by atoms with van der Waals surface area (Å²) in [6.45, 7) is 9.52. The first-order chi connectivity index (χ1) is 21.6. The second-order valence-electron chi connectivity index (χ2n) is 11.6. The van der Waals surface area contributed by atoms with Crippen LogP contribution in [0.3, 0.4) is 0 Å². The van der Waals surface area contributed by atoms with E-state index in [0.717, 1.165) is 80.1 Å². The topological polar surface area (TPSA) is 35.5 Å². The van der Waals surface area contributed by atoms with Gasteiger partial charge in [-0.3, -0.25) is 9.91 Å². The Kier molecular flexibility index (Phi) is 10.9. The standard InChI is InChI=1S/C39H47N5/c1-5-10-31-15-21-35(22-16-31)43(38-25-19-33(12-7-3)28-40-38)37-14-9-27-42(30-37)44(36-23-17-32(11-6-2)18-24-36)39-26-20-34(13-8-4)29-41-39/h9,14-29H,5-8,10-13,30H2,1-4H3. The van der Waals surface area contributed by atoms with E-state index in [9.17, 15) is 0 Å². The average molecular weight is 586 g/mol. The van der Waals surface area contributed by atoms with E-state index in [4.69, 9.17) is 9.97 Å². The van der Waals surface area contributed by atoms with E-state index >= 15 is 0 Å². The highest BCUT2D eigenvalue weighted by molar-refractivity contribution is 5.67.